The molecule has 1 aliphatic rings. The molecule has 0 saturated heterocycles. The van der Waals surface area contributed by atoms with Crippen LogP contribution in [-0.4, -0.2) is 28.1 Å². The van der Waals surface area contributed by atoms with E-state index in [1.807, 2.05) is 25.1 Å². The van der Waals surface area contributed by atoms with Crippen LogP contribution in [0.3, 0.4) is 0 Å². The van der Waals surface area contributed by atoms with Crippen molar-refractivity contribution in [3.8, 4) is 0 Å². The Hall–Kier alpha value is -1.81. The Morgan fingerprint density at radius 3 is 2.71 bits per heavy atom. The van der Waals surface area contributed by atoms with Crippen LogP contribution in [-0.2, 0) is 0 Å². The van der Waals surface area contributed by atoms with E-state index >= 15 is 0 Å². The number of nitrogens with one attached hydrogen (secondary N) is 2. The molecule has 1 aliphatic carbocycles. The number of amides is 1. The SMILES string of the molecule is Cc1[nH]c2ccc(C(=O)NC3(CO)CCCC3)cc2c1C. The molecule has 0 atom stereocenters. The highest BCUT2D eigenvalue weighted by molar-refractivity contribution is 5.99. The van der Waals surface area contributed by atoms with Crippen LogP contribution in [0.5, 0.6) is 0 Å². The number of hydrogen-bond acceptors (Lipinski definition) is 2. The maximum Gasteiger partial charge on any atom is 0.251 e. The van der Waals surface area contributed by atoms with Crippen LogP contribution in [0.15, 0.2) is 18.2 Å². The molecule has 2 aromatic rings. The van der Waals surface area contributed by atoms with Gasteiger partial charge in [0.25, 0.3) is 5.91 Å². The minimum atomic E-state index is -0.421. The van der Waals surface area contributed by atoms with Gasteiger partial charge in [0.1, 0.15) is 0 Å². The molecule has 21 heavy (non-hydrogen) atoms. The third kappa shape index (κ3) is 2.44. The highest BCUT2D eigenvalue weighted by Crippen LogP contribution is 2.30. The molecular weight excluding hydrogens is 264 g/mol. The topological polar surface area (TPSA) is 65.1 Å². The lowest BCUT2D eigenvalue weighted by Gasteiger charge is -2.28. The van der Waals surface area contributed by atoms with Gasteiger partial charge in [0.05, 0.1) is 12.1 Å². The number of hydrogen-bond donors (Lipinski definition) is 3. The summed E-state index contributed by atoms with van der Waals surface area (Å²) in [6, 6.07) is 5.72. The summed E-state index contributed by atoms with van der Waals surface area (Å²) in [6.45, 7) is 4.11. The number of benzene rings is 1. The number of aliphatic hydroxyl groups excluding tert-OH is 1. The number of aryl methyl sites for hydroxylation is 2. The van der Waals surface area contributed by atoms with Gasteiger partial charge in [-0.25, -0.2) is 0 Å². The number of carbonyl (C=O) groups excluding carboxylic acids is 1. The molecule has 1 aromatic heterocycles. The first kappa shape index (κ1) is 14.1. The highest BCUT2D eigenvalue weighted by atomic mass is 16.3. The third-order valence-corrected chi connectivity index (χ3v) is 4.81. The standard InChI is InChI=1S/C17H22N2O2/c1-11-12(2)18-15-6-5-13(9-14(11)15)16(21)19-17(10-20)7-3-4-8-17/h5-6,9,18,20H,3-4,7-8,10H2,1-2H3,(H,19,21). The van der Waals surface area contributed by atoms with Crippen LogP contribution in [0.25, 0.3) is 10.9 Å². The van der Waals surface area contributed by atoms with E-state index in [4.69, 9.17) is 0 Å². The van der Waals surface area contributed by atoms with Crippen molar-refractivity contribution >= 4 is 16.8 Å². The number of rotatable bonds is 3. The van der Waals surface area contributed by atoms with Gasteiger partial charge < -0.3 is 15.4 Å². The fraction of sp³-hybridized carbons (Fsp3) is 0.471. The second-order valence-corrected chi connectivity index (χ2v) is 6.24. The average Bonchev–Trinajstić information content (AvgIpc) is 3.05. The zero-order chi connectivity index (χ0) is 15.0. The largest absolute Gasteiger partial charge is 0.394 e. The summed E-state index contributed by atoms with van der Waals surface area (Å²) in [7, 11) is 0. The van der Waals surface area contributed by atoms with E-state index in [9.17, 15) is 9.90 Å². The van der Waals surface area contributed by atoms with Gasteiger partial charge in [-0.3, -0.25) is 4.79 Å². The van der Waals surface area contributed by atoms with Crippen LogP contribution in [0, 0.1) is 13.8 Å². The lowest BCUT2D eigenvalue weighted by atomic mass is 9.98. The molecule has 3 rings (SSSR count). The van der Waals surface area contributed by atoms with Crippen molar-refractivity contribution in [2.45, 2.75) is 45.1 Å². The molecule has 0 spiro atoms. The number of aliphatic hydroxyl groups is 1. The van der Waals surface area contributed by atoms with Crippen LogP contribution in [0.2, 0.25) is 0 Å². The maximum absolute atomic E-state index is 12.5. The Labute approximate surface area is 124 Å². The number of aromatic amines is 1. The quantitative estimate of drug-likeness (QED) is 0.812. The molecule has 0 unspecified atom stereocenters. The van der Waals surface area contributed by atoms with Gasteiger partial charge in [0.2, 0.25) is 0 Å². The first-order valence-electron chi connectivity index (χ1n) is 7.57. The molecule has 4 nitrogen and oxygen atoms in total. The second kappa shape index (κ2) is 5.19. The summed E-state index contributed by atoms with van der Waals surface area (Å²) in [5.74, 6) is -0.0916. The first-order chi connectivity index (χ1) is 10.0. The van der Waals surface area contributed by atoms with Crippen LogP contribution in [0.4, 0.5) is 0 Å². The fourth-order valence-corrected chi connectivity index (χ4v) is 3.29. The normalized spacial score (nSPS) is 17.3. The lowest BCUT2D eigenvalue weighted by Crippen LogP contribution is -2.49. The van der Waals surface area contributed by atoms with Crippen molar-refractivity contribution in [2.75, 3.05) is 6.61 Å². The molecule has 3 N–H and O–H groups in total. The molecule has 1 amide bonds. The average molecular weight is 286 g/mol. The maximum atomic E-state index is 12.5. The van der Waals surface area contributed by atoms with E-state index in [-0.39, 0.29) is 12.5 Å². The first-order valence-corrected chi connectivity index (χ1v) is 7.57. The molecule has 1 aromatic carbocycles. The number of fused-ring (bicyclic) bond motifs is 1. The minimum Gasteiger partial charge on any atom is -0.394 e. The summed E-state index contributed by atoms with van der Waals surface area (Å²) in [5, 5.41) is 13.7. The Morgan fingerprint density at radius 1 is 1.33 bits per heavy atom. The second-order valence-electron chi connectivity index (χ2n) is 6.24. The van der Waals surface area contributed by atoms with Crippen molar-refractivity contribution in [1.82, 2.24) is 10.3 Å². The van der Waals surface area contributed by atoms with Crippen LogP contribution >= 0.6 is 0 Å². The summed E-state index contributed by atoms with van der Waals surface area (Å²) >= 11 is 0. The number of H-pyrrole nitrogens is 1. The molecular formula is C17H22N2O2. The zero-order valence-electron chi connectivity index (χ0n) is 12.6. The van der Waals surface area contributed by atoms with E-state index in [0.717, 1.165) is 42.3 Å². The molecule has 0 aliphatic heterocycles. The van der Waals surface area contributed by atoms with E-state index in [1.165, 1.54) is 5.56 Å². The fourth-order valence-electron chi connectivity index (χ4n) is 3.29. The van der Waals surface area contributed by atoms with Crippen molar-refractivity contribution in [3.05, 3.63) is 35.0 Å². The van der Waals surface area contributed by atoms with E-state index in [0.29, 0.717) is 5.56 Å². The molecule has 1 fully saturated rings. The molecule has 0 bridgehead atoms. The Morgan fingerprint density at radius 2 is 2.05 bits per heavy atom. The zero-order valence-corrected chi connectivity index (χ0v) is 12.6. The third-order valence-electron chi connectivity index (χ3n) is 4.81. The van der Waals surface area contributed by atoms with Gasteiger partial charge in [-0.15, -0.1) is 0 Å². The van der Waals surface area contributed by atoms with Crippen molar-refractivity contribution in [1.29, 1.82) is 0 Å². The van der Waals surface area contributed by atoms with E-state index in [2.05, 4.69) is 17.2 Å². The summed E-state index contributed by atoms with van der Waals surface area (Å²) < 4.78 is 0. The number of carbonyl (C=O) groups is 1. The van der Waals surface area contributed by atoms with E-state index < -0.39 is 5.54 Å². The summed E-state index contributed by atoms with van der Waals surface area (Å²) in [5.41, 5.74) is 3.60. The summed E-state index contributed by atoms with van der Waals surface area (Å²) in [6.07, 6.45) is 3.85. The Balaban J connectivity index is 1.89. The molecule has 4 heteroatoms. The van der Waals surface area contributed by atoms with Gasteiger partial charge in [-0.05, 0) is 50.5 Å². The monoisotopic (exact) mass is 286 g/mol. The molecule has 1 heterocycles. The predicted molar refractivity (Wildman–Crippen MR) is 83.5 cm³/mol. The molecule has 112 valence electrons. The van der Waals surface area contributed by atoms with Crippen molar-refractivity contribution in [2.24, 2.45) is 0 Å². The van der Waals surface area contributed by atoms with Gasteiger partial charge in [-0.1, -0.05) is 12.8 Å². The summed E-state index contributed by atoms with van der Waals surface area (Å²) in [4.78, 5) is 15.8. The van der Waals surface area contributed by atoms with Crippen molar-refractivity contribution < 1.29 is 9.90 Å². The minimum absolute atomic E-state index is 0.0171. The predicted octanol–water partition coefficient (Wildman–Crippen LogP) is 2.82. The van der Waals surface area contributed by atoms with E-state index in [1.54, 1.807) is 0 Å². The van der Waals surface area contributed by atoms with Gasteiger partial charge in [0.15, 0.2) is 0 Å². The molecule has 1 saturated carbocycles. The highest BCUT2D eigenvalue weighted by Gasteiger charge is 2.34. The Bertz CT molecular complexity index is 681. The lowest BCUT2D eigenvalue weighted by molar-refractivity contribution is 0.0838. The van der Waals surface area contributed by atoms with Gasteiger partial charge in [-0.2, -0.15) is 0 Å². The van der Waals surface area contributed by atoms with Crippen LogP contribution < -0.4 is 5.32 Å². The smallest absolute Gasteiger partial charge is 0.251 e. The Kier molecular flexibility index (Phi) is 3.49. The molecule has 0 radical (unpaired) electrons. The van der Waals surface area contributed by atoms with Gasteiger partial charge in [0, 0.05) is 22.2 Å². The van der Waals surface area contributed by atoms with Gasteiger partial charge >= 0.3 is 0 Å². The van der Waals surface area contributed by atoms with Crippen LogP contribution in [0.1, 0.15) is 47.3 Å². The van der Waals surface area contributed by atoms with Crippen molar-refractivity contribution in [3.63, 3.8) is 0 Å². The number of aromatic nitrogens is 1.